The Morgan fingerprint density at radius 3 is 1.73 bits per heavy atom. The number of hydrogen-bond acceptors (Lipinski definition) is 5. The third-order valence-corrected chi connectivity index (χ3v) is 2.64. The fraction of sp³-hybridized carbons (Fsp3) is 0.600. The van der Waals surface area contributed by atoms with Crippen LogP contribution in [0.4, 0.5) is 0 Å². The molecule has 2 heterocycles. The molecule has 0 saturated carbocycles. The first kappa shape index (κ1) is 10.7. The average Bonchev–Trinajstić information content (AvgIpc) is 2.65. The van der Waals surface area contributed by atoms with Crippen LogP contribution in [0.1, 0.15) is 0 Å². The maximum absolute atomic E-state index is 5.52. The first-order chi connectivity index (χ1) is 7.47. The molecule has 0 bridgehead atoms. The molecule has 0 saturated heterocycles. The predicted octanol–water partition coefficient (Wildman–Crippen LogP) is 1.55. The summed E-state index contributed by atoms with van der Waals surface area (Å²) in [7, 11) is 0. The van der Waals surface area contributed by atoms with Gasteiger partial charge in [-0.15, -0.1) is 11.3 Å². The zero-order valence-corrected chi connectivity index (χ0v) is 9.26. The zero-order chi connectivity index (χ0) is 10.3. The summed E-state index contributed by atoms with van der Waals surface area (Å²) in [5.74, 6) is 1.59. The molecular formula is C10H14O4S. The third kappa shape index (κ3) is 3.37. The summed E-state index contributed by atoms with van der Waals surface area (Å²) in [6, 6.07) is 0. The summed E-state index contributed by atoms with van der Waals surface area (Å²) >= 11 is 1.57. The Morgan fingerprint density at radius 1 is 0.733 bits per heavy atom. The molecule has 0 aliphatic carbocycles. The largest absolute Gasteiger partial charge is 0.486 e. The van der Waals surface area contributed by atoms with Crippen molar-refractivity contribution in [1.29, 1.82) is 0 Å². The number of hydrogen-bond donors (Lipinski definition) is 0. The number of rotatable bonds is 0. The van der Waals surface area contributed by atoms with Gasteiger partial charge in [-0.1, -0.05) is 0 Å². The summed E-state index contributed by atoms with van der Waals surface area (Å²) < 4.78 is 21.7. The molecule has 84 valence electrons. The summed E-state index contributed by atoms with van der Waals surface area (Å²) in [4.78, 5) is 0. The van der Waals surface area contributed by atoms with Gasteiger partial charge in [0, 0.05) is 10.8 Å². The minimum absolute atomic E-state index is 0.549. The molecule has 0 spiro atoms. The Hall–Kier alpha value is -0.780. The van der Waals surface area contributed by atoms with Gasteiger partial charge in [0.05, 0.1) is 26.4 Å². The molecule has 0 atom stereocenters. The van der Waals surface area contributed by atoms with Crippen molar-refractivity contribution in [2.24, 2.45) is 0 Å². The topological polar surface area (TPSA) is 36.9 Å². The number of ether oxygens (including phenoxy) is 4. The van der Waals surface area contributed by atoms with Crippen LogP contribution in [-0.4, -0.2) is 39.6 Å². The van der Waals surface area contributed by atoms with E-state index in [0.29, 0.717) is 39.6 Å². The van der Waals surface area contributed by atoms with Gasteiger partial charge in [-0.2, -0.15) is 0 Å². The van der Waals surface area contributed by atoms with Gasteiger partial charge in [-0.3, -0.25) is 0 Å². The van der Waals surface area contributed by atoms with E-state index in [-0.39, 0.29) is 0 Å². The van der Waals surface area contributed by atoms with Crippen LogP contribution in [0.5, 0.6) is 11.5 Å². The zero-order valence-electron chi connectivity index (χ0n) is 8.44. The van der Waals surface area contributed by atoms with Crippen LogP contribution in [0.2, 0.25) is 0 Å². The lowest BCUT2D eigenvalue weighted by Gasteiger charge is -2.11. The highest BCUT2D eigenvalue weighted by molar-refractivity contribution is 7.08. The SMILES string of the molecule is c1scc2c1OCCOCCOCCO2. The monoisotopic (exact) mass is 230 g/mol. The maximum Gasteiger partial charge on any atom is 0.171 e. The van der Waals surface area contributed by atoms with Crippen LogP contribution in [-0.2, 0) is 9.47 Å². The van der Waals surface area contributed by atoms with Gasteiger partial charge in [-0.25, -0.2) is 0 Å². The molecule has 5 heteroatoms. The molecule has 0 N–H and O–H groups in total. The van der Waals surface area contributed by atoms with E-state index < -0.39 is 0 Å². The Morgan fingerprint density at radius 2 is 1.20 bits per heavy atom. The predicted molar refractivity (Wildman–Crippen MR) is 56.9 cm³/mol. The molecule has 4 nitrogen and oxygen atoms in total. The number of thiophene rings is 1. The molecule has 1 aromatic heterocycles. The van der Waals surface area contributed by atoms with E-state index >= 15 is 0 Å². The fourth-order valence-electron chi connectivity index (χ4n) is 1.23. The van der Waals surface area contributed by atoms with Crippen LogP contribution < -0.4 is 9.47 Å². The molecule has 0 radical (unpaired) electrons. The summed E-state index contributed by atoms with van der Waals surface area (Å²) in [5.41, 5.74) is 0. The minimum atomic E-state index is 0.549. The van der Waals surface area contributed by atoms with E-state index in [9.17, 15) is 0 Å². The molecule has 0 fully saturated rings. The quantitative estimate of drug-likeness (QED) is 0.677. The van der Waals surface area contributed by atoms with E-state index in [2.05, 4.69) is 0 Å². The lowest BCUT2D eigenvalue weighted by atomic mass is 10.5. The van der Waals surface area contributed by atoms with Crippen molar-refractivity contribution >= 4 is 11.3 Å². The van der Waals surface area contributed by atoms with Crippen molar-refractivity contribution in [1.82, 2.24) is 0 Å². The average molecular weight is 230 g/mol. The number of fused-ring (bicyclic) bond motifs is 1. The Kier molecular flexibility index (Phi) is 4.25. The summed E-state index contributed by atoms with van der Waals surface area (Å²) in [6.45, 7) is 3.48. The molecule has 15 heavy (non-hydrogen) atoms. The van der Waals surface area contributed by atoms with E-state index in [1.165, 1.54) is 0 Å². The van der Waals surface area contributed by atoms with Crippen LogP contribution in [0.15, 0.2) is 10.8 Å². The fourth-order valence-corrected chi connectivity index (χ4v) is 1.91. The third-order valence-electron chi connectivity index (χ3n) is 1.94. The second-order valence-electron chi connectivity index (χ2n) is 3.02. The summed E-state index contributed by atoms with van der Waals surface area (Å²) in [5, 5.41) is 3.86. The van der Waals surface area contributed by atoms with Gasteiger partial charge >= 0.3 is 0 Å². The lowest BCUT2D eigenvalue weighted by molar-refractivity contribution is 0.0225. The summed E-state index contributed by atoms with van der Waals surface area (Å²) in [6.07, 6.45) is 0. The molecular weight excluding hydrogens is 216 g/mol. The highest BCUT2D eigenvalue weighted by Crippen LogP contribution is 2.31. The molecule has 1 aliphatic heterocycles. The van der Waals surface area contributed by atoms with Gasteiger partial charge in [-0.05, 0) is 0 Å². The van der Waals surface area contributed by atoms with Crippen LogP contribution >= 0.6 is 11.3 Å². The molecule has 2 rings (SSSR count). The Balaban J connectivity index is 1.92. The normalized spacial score (nSPS) is 18.9. The van der Waals surface area contributed by atoms with Crippen molar-refractivity contribution in [2.45, 2.75) is 0 Å². The van der Waals surface area contributed by atoms with Crippen molar-refractivity contribution < 1.29 is 18.9 Å². The van der Waals surface area contributed by atoms with Gasteiger partial charge in [0.1, 0.15) is 13.2 Å². The van der Waals surface area contributed by atoms with Gasteiger partial charge < -0.3 is 18.9 Å². The lowest BCUT2D eigenvalue weighted by Crippen LogP contribution is -2.15. The van der Waals surface area contributed by atoms with Gasteiger partial charge in [0.15, 0.2) is 11.5 Å². The van der Waals surface area contributed by atoms with Crippen LogP contribution in [0, 0.1) is 0 Å². The second kappa shape index (κ2) is 5.95. The molecule has 1 aliphatic rings. The van der Waals surface area contributed by atoms with Crippen molar-refractivity contribution in [3.63, 3.8) is 0 Å². The molecule has 0 amide bonds. The van der Waals surface area contributed by atoms with Gasteiger partial charge in [0.2, 0.25) is 0 Å². The first-order valence-corrected chi connectivity index (χ1v) is 5.88. The van der Waals surface area contributed by atoms with E-state index in [1.54, 1.807) is 11.3 Å². The highest BCUT2D eigenvalue weighted by atomic mass is 32.1. The Bertz CT molecular complexity index is 260. The standard InChI is InChI=1S/C10H14O4S/c1-2-12-4-6-14-10-8-15-7-9(10)13-5-3-11-1/h7-8H,1-6H2. The maximum atomic E-state index is 5.52. The molecule has 1 aromatic rings. The Labute approximate surface area is 92.7 Å². The first-order valence-electron chi connectivity index (χ1n) is 4.94. The smallest absolute Gasteiger partial charge is 0.171 e. The highest BCUT2D eigenvalue weighted by Gasteiger charge is 2.07. The van der Waals surface area contributed by atoms with Crippen molar-refractivity contribution in [2.75, 3.05) is 39.6 Å². The van der Waals surface area contributed by atoms with Crippen molar-refractivity contribution in [3.05, 3.63) is 10.8 Å². The van der Waals surface area contributed by atoms with Gasteiger partial charge in [0.25, 0.3) is 0 Å². The van der Waals surface area contributed by atoms with Crippen LogP contribution in [0.25, 0.3) is 0 Å². The van der Waals surface area contributed by atoms with E-state index in [0.717, 1.165) is 11.5 Å². The minimum Gasteiger partial charge on any atom is -0.486 e. The van der Waals surface area contributed by atoms with Crippen molar-refractivity contribution in [3.8, 4) is 11.5 Å². The van der Waals surface area contributed by atoms with Crippen LogP contribution in [0.3, 0.4) is 0 Å². The second-order valence-corrected chi connectivity index (χ2v) is 3.77. The van der Waals surface area contributed by atoms with E-state index in [1.807, 2.05) is 10.8 Å². The molecule has 0 aromatic carbocycles. The molecule has 0 unspecified atom stereocenters. The van der Waals surface area contributed by atoms with E-state index in [4.69, 9.17) is 18.9 Å².